The molecule has 84 valence electrons. The van der Waals surface area contributed by atoms with Gasteiger partial charge in [0.25, 0.3) is 0 Å². The zero-order valence-corrected chi connectivity index (χ0v) is 8.49. The van der Waals surface area contributed by atoms with E-state index in [-0.39, 0.29) is 5.69 Å². The Morgan fingerprint density at radius 2 is 2.06 bits per heavy atom. The van der Waals surface area contributed by atoms with Gasteiger partial charge in [-0.2, -0.15) is 0 Å². The lowest BCUT2D eigenvalue weighted by Gasteiger charge is -2.03. The van der Waals surface area contributed by atoms with E-state index in [0.717, 1.165) is 12.1 Å². The van der Waals surface area contributed by atoms with Crippen molar-refractivity contribution in [1.82, 2.24) is 0 Å². The van der Waals surface area contributed by atoms with Crippen LogP contribution < -0.4 is 10.4 Å². The molecule has 4 nitrogen and oxygen atoms in total. The summed E-state index contributed by atoms with van der Waals surface area (Å²) >= 11 is 0. The fourth-order valence-corrected chi connectivity index (χ4v) is 0.998. The van der Waals surface area contributed by atoms with Crippen molar-refractivity contribution >= 4 is 17.6 Å². The van der Waals surface area contributed by atoms with Crippen molar-refractivity contribution in [1.29, 1.82) is 0 Å². The van der Waals surface area contributed by atoms with Crippen LogP contribution >= 0.6 is 0 Å². The molecule has 0 unspecified atom stereocenters. The Hall–Kier alpha value is -2.17. The van der Waals surface area contributed by atoms with E-state index in [1.807, 2.05) is 0 Å². The molecule has 0 saturated heterocycles. The van der Waals surface area contributed by atoms with Gasteiger partial charge in [0.05, 0.1) is 5.97 Å². The van der Waals surface area contributed by atoms with Gasteiger partial charge < -0.3 is 15.2 Å². The molecule has 0 fully saturated rings. The van der Waals surface area contributed by atoms with Crippen LogP contribution in [0.1, 0.15) is 5.56 Å². The van der Waals surface area contributed by atoms with Gasteiger partial charge in [-0.25, -0.2) is 4.39 Å². The number of hydrogen-bond donors (Lipinski definition) is 1. The van der Waals surface area contributed by atoms with Crippen LogP contribution in [0.2, 0.25) is 0 Å². The molecule has 0 aliphatic heterocycles. The maximum atomic E-state index is 13.1. The number of carboxylic acids is 1. The summed E-state index contributed by atoms with van der Waals surface area (Å²) < 4.78 is 13.1. The summed E-state index contributed by atoms with van der Waals surface area (Å²) in [6.45, 7) is 1.59. The number of carbonyl (C=O) groups is 2. The van der Waals surface area contributed by atoms with Gasteiger partial charge in [0.2, 0.25) is 5.91 Å². The summed E-state index contributed by atoms with van der Waals surface area (Å²) in [7, 11) is 0. The van der Waals surface area contributed by atoms with E-state index in [4.69, 9.17) is 0 Å². The molecule has 0 aromatic heterocycles. The summed E-state index contributed by atoms with van der Waals surface area (Å²) in [5.41, 5.74) is 0.722. The molecule has 0 saturated carbocycles. The molecule has 1 aromatic carbocycles. The smallest absolute Gasteiger partial charge is 0.248 e. The molecule has 5 heteroatoms. The summed E-state index contributed by atoms with van der Waals surface area (Å²) in [6.07, 6.45) is 1.40. The zero-order chi connectivity index (χ0) is 12.1. The maximum absolute atomic E-state index is 13.1. The Bertz CT molecular complexity index is 455. The van der Waals surface area contributed by atoms with Crippen LogP contribution in [0.3, 0.4) is 0 Å². The van der Waals surface area contributed by atoms with E-state index in [1.54, 1.807) is 6.92 Å². The fraction of sp³-hybridized carbons (Fsp3) is 0.0909. The maximum Gasteiger partial charge on any atom is 0.248 e. The highest BCUT2D eigenvalue weighted by Crippen LogP contribution is 2.13. The average Bonchev–Trinajstić information content (AvgIpc) is 2.21. The average molecular weight is 222 g/mol. The van der Waals surface area contributed by atoms with Gasteiger partial charge in [0.15, 0.2) is 0 Å². The fourth-order valence-electron chi connectivity index (χ4n) is 0.998. The van der Waals surface area contributed by atoms with Gasteiger partial charge >= 0.3 is 0 Å². The number of benzene rings is 1. The summed E-state index contributed by atoms with van der Waals surface area (Å²) in [4.78, 5) is 21.1. The molecule has 0 bridgehead atoms. The largest absolute Gasteiger partial charge is 0.545 e. The van der Waals surface area contributed by atoms with Gasteiger partial charge in [0, 0.05) is 11.8 Å². The second-order valence-corrected chi connectivity index (χ2v) is 3.11. The second-order valence-electron chi connectivity index (χ2n) is 3.11. The third-order valence-electron chi connectivity index (χ3n) is 1.81. The van der Waals surface area contributed by atoms with Gasteiger partial charge in [-0.05, 0) is 30.7 Å². The molecule has 1 N–H and O–H groups in total. The first-order chi connectivity index (χ1) is 7.49. The SMILES string of the molecule is Cc1ccc(NC(=O)/C=C/C(=O)[O-])cc1F. The topological polar surface area (TPSA) is 69.2 Å². The van der Waals surface area contributed by atoms with E-state index in [9.17, 15) is 19.1 Å². The lowest BCUT2D eigenvalue weighted by molar-refractivity contribution is -0.297. The van der Waals surface area contributed by atoms with Crippen LogP contribution in [0.15, 0.2) is 30.4 Å². The number of rotatable bonds is 3. The van der Waals surface area contributed by atoms with Crippen LogP contribution in [0.4, 0.5) is 10.1 Å². The Balaban J connectivity index is 2.70. The van der Waals surface area contributed by atoms with Crippen molar-refractivity contribution in [2.75, 3.05) is 5.32 Å². The number of nitrogens with one attached hydrogen (secondary N) is 1. The minimum absolute atomic E-state index is 0.260. The minimum atomic E-state index is -1.47. The highest BCUT2D eigenvalue weighted by atomic mass is 19.1. The van der Waals surface area contributed by atoms with E-state index in [2.05, 4.69) is 5.32 Å². The normalized spacial score (nSPS) is 10.4. The van der Waals surface area contributed by atoms with Crippen LogP contribution in [-0.2, 0) is 9.59 Å². The van der Waals surface area contributed by atoms with Crippen molar-refractivity contribution in [2.45, 2.75) is 6.92 Å². The number of hydrogen-bond acceptors (Lipinski definition) is 3. The second kappa shape index (κ2) is 5.06. The molecule has 0 aliphatic carbocycles. The molecule has 16 heavy (non-hydrogen) atoms. The number of carbonyl (C=O) groups excluding carboxylic acids is 2. The van der Waals surface area contributed by atoms with E-state index in [0.29, 0.717) is 11.6 Å². The monoisotopic (exact) mass is 222 g/mol. The number of anilines is 1. The van der Waals surface area contributed by atoms with Crippen LogP contribution in [0.5, 0.6) is 0 Å². The first kappa shape index (κ1) is 11.9. The van der Waals surface area contributed by atoms with Crippen molar-refractivity contribution < 1.29 is 19.1 Å². The predicted octanol–water partition coefficient (Wildman–Crippen LogP) is 0.379. The Labute approximate surface area is 91.4 Å². The number of amides is 1. The van der Waals surface area contributed by atoms with Crippen molar-refractivity contribution in [2.24, 2.45) is 0 Å². The summed E-state index contributed by atoms with van der Waals surface area (Å²) in [6, 6.07) is 4.18. The summed E-state index contributed by atoms with van der Waals surface area (Å²) in [5.74, 6) is -2.57. The molecule has 0 heterocycles. The number of aliphatic carboxylic acids is 1. The molecule has 1 aromatic rings. The molecule has 1 rings (SSSR count). The molecular weight excluding hydrogens is 213 g/mol. The summed E-state index contributed by atoms with van der Waals surface area (Å²) in [5, 5.41) is 12.3. The highest BCUT2D eigenvalue weighted by molar-refractivity contribution is 6.02. The first-order valence-corrected chi connectivity index (χ1v) is 4.45. The molecular formula is C11H9FNO3-. The number of aryl methyl sites for hydroxylation is 1. The predicted molar refractivity (Wildman–Crippen MR) is 53.9 cm³/mol. The molecule has 0 radical (unpaired) electrons. The Kier molecular flexibility index (Phi) is 3.77. The van der Waals surface area contributed by atoms with Crippen LogP contribution in [0, 0.1) is 12.7 Å². The molecule has 0 atom stereocenters. The van der Waals surface area contributed by atoms with E-state index >= 15 is 0 Å². The van der Waals surface area contributed by atoms with Crippen molar-refractivity contribution in [3.63, 3.8) is 0 Å². The standard InChI is InChI=1S/C11H10FNO3/c1-7-2-3-8(6-9(7)12)13-10(14)4-5-11(15)16/h2-6H,1H3,(H,13,14)(H,15,16)/p-1/b5-4+. The van der Waals surface area contributed by atoms with Gasteiger partial charge in [-0.15, -0.1) is 0 Å². The third kappa shape index (κ3) is 3.53. The van der Waals surface area contributed by atoms with Crippen LogP contribution in [-0.4, -0.2) is 11.9 Å². The van der Waals surface area contributed by atoms with Crippen LogP contribution in [0.25, 0.3) is 0 Å². The van der Waals surface area contributed by atoms with E-state index < -0.39 is 17.7 Å². The lowest BCUT2D eigenvalue weighted by atomic mass is 10.2. The number of halogens is 1. The number of carboxylic acid groups (broad SMARTS) is 1. The quantitative estimate of drug-likeness (QED) is 0.751. The van der Waals surface area contributed by atoms with Crippen molar-refractivity contribution in [3.8, 4) is 0 Å². The first-order valence-electron chi connectivity index (χ1n) is 4.45. The van der Waals surface area contributed by atoms with Crippen molar-refractivity contribution in [3.05, 3.63) is 41.7 Å². The Morgan fingerprint density at radius 3 is 2.62 bits per heavy atom. The van der Waals surface area contributed by atoms with E-state index in [1.165, 1.54) is 12.1 Å². The van der Waals surface area contributed by atoms with Gasteiger partial charge in [-0.1, -0.05) is 6.07 Å². The molecule has 0 spiro atoms. The Morgan fingerprint density at radius 1 is 1.38 bits per heavy atom. The van der Waals surface area contributed by atoms with Gasteiger partial charge in [0.1, 0.15) is 5.82 Å². The zero-order valence-electron chi connectivity index (χ0n) is 8.49. The van der Waals surface area contributed by atoms with Gasteiger partial charge in [-0.3, -0.25) is 4.79 Å². The highest BCUT2D eigenvalue weighted by Gasteiger charge is 2.01. The molecule has 0 aliphatic rings. The minimum Gasteiger partial charge on any atom is -0.545 e. The lowest BCUT2D eigenvalue weighted by Crippen LogP contribution is -2.20. The third-order valence-corrected chi connectivity index (χ3v) is 1.81. The molecule has 1 amide bonds.